The smallest absolute Gasteiger partial charge is 0.308 e. The van der Waals surface area contributed by atoms with Crippen LogP contribution in [0, 0.1) is 11.3 Å². The van der Waals surface area contributed by atoms with Crippen molar-refractivity contribution in [2.75, 3.05) is 19.7 Å². The van der Waals surface area contributed by atoms with Gasteiger partial charge in [-0.05, 0) is 68.9 Å². The molecule has 8 nitrogen and oxygen atoms in total. The molecule has 3 aliphatic heterocycles. The largest absolute Gasteiger partial charge is 0.466 e. The van der Waals surface area contributed by atoms with Crippen molar-refractivity contribution in [1.29, 1.82) is 5.26 Å². The van der Waals surface area contributed by atoms with Crippen molar-refractivity contribution in [1.82, 2.24) is 9.80 Å². The number of hydrogen-bond acceptors (Lipinski definition) is 6. The lowest BCUT2D eigenvalue weighted by Gasteiger charge is -2.32. The Morgan fingerprint density at radius 1 is 1.21 bits per heavy atom. The van der Waals surface area contributed by atoms with Gasteiger partial charge in [0.1, 0.15) is 6.04 Å². The number of likely N-dealkylation sites (tertiary alicyclic amines) is 2. The van der Waals surface area contributed by atoms with E-state index in [1.54, 1.807) is 24.0 Å². The number of esters is 1. The van der Waals surface area contributed by atoms with Crippen LogP contribution in [-0.2, 0) is 19.1 Å². The lowest BCUT2D eigenvalue weighted by Crippen LogP contribution is -2.49. The van der Waals surface area contributed by atoms with E-state index in [1.807, 2.05) is 17.0 Å². The van der Waals surface area contributed by atoms with E-state index < -0.39 is 5.54 Å². The molecule has 0 radical (unpaired) electrons. The Morgan fingerprint density at radius 2 is 1.97 bits per heavy atom. The highest BCUT2D eigenvalue weighted by atomic mass is 16.5. The second-order valence-electron chi connectivity index (χ2n) is 9.46. The fourth-order valence-corrected chi connectivity index (χ4v) is 5.60. The van der Waals surface area contributed by atoms with Crippen molar-refractivity contribution in [2.24, 2.45) is 4.99 Å². The minimum atomic E-state index is -0.751. The number of carbonyl (C=O) groups excluding carboxylic acids is 3. The first kappa shape index (κ1) is 23.9. The van der Waals surface area contributed by atoms with Crippen molar-refractivity contribution < 1.29 is 19.1 Å². The maximum atomic E-state index is 13.4. The van der Waals surface area contributed by atoms with Crippen LogP contribution in [0.4, 0.5) is 0 Å². The zero-order valence-corrected chi connectivity index (χ0v) is 20.0. The van der Waals surface area contributed by atoms with E-state index in [2.05, 4.69) is 6.07 Å². The minimum absolute atomic E-state index is 0.0453. The first-order valence-corrected chi connectivity index (χ1v) is 12.2. The van der Waals surface area contributed by atoms with Gasteiger partial charge in [0.15, 0.2) is 0 Å². The molecule has 3 heterocycles. The molecule has 4 rings (SSSR count). The number of ether oxygens (including phenoxy) is 1. The number of benzene rings is 1. The average Bonchev–Trinajstić information content (AvgIpc) is 3.54. The van der Waals surface area contributed by atoms with Gasteiger partial charge in [0, 0.05) is 26.1 Å². The minimum Gasteiger partial charge on any atom is -0.466 e. The molecule has 2 saturated heterocycles. The summed E-state index contributed by atoms with van der Waals surface area (Å²) in [5.74, 6) is -0.309. The molecule has 1 aromatic rings. The van der Waals surface area contributed by atoms with E-state index >= 15 is 0 Å². The molecule has 1 aromatic carbocycles. The van der Waals surface area contributed by atoms with Crippen LogP contribution in [0.25, 0.3) is 6.08 Å². The molecule has 3 unspecified atom stereocenters. The number of fused-ring (bicyclic) bond motifs is 1. The van der Waals surface area contributed by atoms with Gasteiger partial charge >= 0.3 is 5.97 Å². The number of hydrogen-bond donors (Lipinski definition) is 0. The van der Waals surface area contributed by atoms with Crippen LogP contribution in [0.1, 0.15) is 64.4 Å². The van der Waals surface area contributed by atoms with E-state index in [0.29, 0.717) is 49.9 Å². The highest BCUT2D eigenvalue weighted by Gasteiger charge is 2.40. The summed E-state index contributed by atoms with van der Waals surface area (Å²) < 4.78 is 5.23. The van der Waals surface area contributed by atoms with E-state index in [1.165, 1.54) is 6.92 Å². The number of nitriles is 1. The topological polar surface area (TPSA) is 103 Å². The van der Waals surface area contributed by atoms with E-state index in [9.17, 15) is 19.6 Å². The normalized spacial score (nSPS) is 25.3. The van der Waals surface area contributed by atoms with E-state index in [-0.39, 0.29) is 36.3 Å². The van der Waals surface area contributed by atoms with Gasteiger partial charge < -0.3 is 14.5 Å². The van der Waals surface area contributed by atoms with Crippen molar-refractivity contribution >= 4 is 23.9 Å². The molecule has 3 atom stereocenters. The Hall–Kier alpha value is -3.21. The second kappa shape index (κ2) is 9.96. The van der Waals surface area contributed by atoms with Crippen LogP contribution in [0.5, 0.6) is 0 Å². The third-order valence-electron chi connectivity index (χ3n) is 7.20. The Balaban J connectivity index is 1.53. The summed E-state index contributed by atoms with van der Waals surface area (Å²) in [4.78, 5) is 46.3. The first-order valence-electron chi connectivity index (χ1n) is 12.2. The molecular weight excluding hydrogens is 432 g/mol. The van der Waals surface area contributed by atoms with Crippen LogP contribution in [0.15, 0.2) is 23.2 Å². The number of rotatable bonds is 7. The molecule has 0 N–H and O–H groups in total. The van der Waals surface area contributed by atoms with E-state index in [4.69, 9.17) is 9.73 Å². The van der Waals surface area contributed by atoms with Crippen LogP contribution >= 0.6 is 0 Å². The molecule has 2 amide bonds. The summed E-state index contributed by atoms with van der Waals surface area (Å²) in [6.45, 7) is 4.95. The third kappa shape index (κ3) is 4.84. The average molecular weight is 465 g/mol. The predicted octanol–water partition coefficient (Wildman–Crippen LogP) is 1.45. The van der Waals surface area contributed by atoms with Crippen LogP contribution in [-0.4, -0.2) is 64.9 Å². The van der Waals surface area contributed by atoms with Gasteiger partial charge in [-0.3, -0.25) is 19.4 Å². The summed E-state index contributed by atoms with van der Waals surface area (Å²) in [5, 5.41) is 10.9. The fraction of sp³-hybridized carbons (Fsp3) is 0.577. The summed E-state index contributed by atoms with van der Waals surface area (Å²) >= 11 is 0. The lowest BCUT2D eigenvalue weighted by molar-refractivity contribution is -0.144. The Morgan fingerprint density at radius 3 is 2.71 bits per heavy atom. The Labute approximate surface area is 199 Å². The van der Waals surface area contributed by atoms with Gasteiger partial charge in [0.05, 0.1) is 35.6 Å². The van der Waals surface area contributed by atoms with Crippen LogP contribution in [0.2, 0.25) is 0 Å². The molecule has 0 bridgehead atoms. The van der Waals surface area contributed by atoms with Crippen LogP contribution < -0.4 is 10.6 Å². The molecule has 34 heavy (non-hydrogen) atoms. The fourth-order valence-electron chi connectivity index (χ4n) is 5.60. The SMILES string of the molecule is CCOC(=O)CC1(CCC2CCCN2C(=O)C2CCCN2C(C)=O)C=c2ccc(C#N)cc2=N1. The second-order valence-corrected chi connectivity index (χ2v) is 9.46. The third-order valence-corrected chi connectivity index (χ3v) is 7.20. The zero-order valence-electron chi connectivity index (χ0n) is 20.0. The molecule has 3 aliphatic rings. The Bertz CT molecular complexity index is 1140. The highest BCUT2D eigenvalue weighted by molar-refractivity contribution is 5.88. The lowest BCUT2D eigenvalue weighted by atomic mass is 9.88. The molecule has 2 fully saturated rings. The van der Waals surface area contributed by atoms with Gasteiger partial charge in [0.2, 0.25) is 11.8 Å². The predicted molar refractivity (Wildman–Crippen MR) is 125 cm³/mol. The van der Waals surface area contributed by atoms with Gasteiger partial charge in [-0.2, -0.15) is 5.26 Å². The van der Waals surface area contributed by atoms with Crippen molar-refractivity contribution in [3.63, 3.8) is 0 Å². The monoisotopic (exact) mass is 464 g/mol. The maximum Gasteiger partial charge on any atom is 0.308 e. The van der Waals surface area contributed by atoms with E-state index in [0.717, 1.165) is 24.5 Å². The molecule has 0 aromatic heterocycles. The quantitative estimate of drug-likeness (QED) is 0.568. The van der Waals surface area contributed by atoms with Gasteiger partial charge in [-0.1, -0.05) is 6.07 Å². The number of amides is 2. The molecule has 0 spiro atoms. The van der Waals surface area contributed by atoms with Gasteiger partial charge in [-0.15, -0.1) is 0 Å². The maximum absolute atomic E-state index is 13.4. The number of carbonyl (C=O) groups is 3. The Kier molecular flexibility index (Phi) is 7.01. The summed E-state index contributed by atoms with van der Waals surface area (Å²) in [6, 6.07) is 7.21. The van der Waals surface area contributed by atoms with Gasteiger partial charge in [-0.25, -0.2) is 0 Å². The molecule has 8 heteroatoms. The summed E-state index contributed by atoms with van der Waals surface area (Å²) in [6.07, 6.45) is 6.84. The first-order chi connectivity index (χ1) is 16.4. The molecule has 0 saturated carbocycles. The molecular formula is C26H32N4O4. The summed E-state index contributed by atoms with van der Waals surface area (Å²) in [5.41, 5.74) is -0.222. The van der Waals surface area contributed by atoms with Crippen molar-refractivity contribution in [2.45, 2.75) is 76.4 Å². The standard InChI is InChI=1S/C26H32N4O4/c1-3-34-24(32)16-26(15-20-9-8-19(17-27)14-22(20)28-26)11-10-21-6-4-13-30(21)25(33)23-7-5-12-29(23)18(2)31/h8-9,14-15,21,23H,3-7,10-13,16H2,1-2H3. The van der Waals surface area contributed by atoms with Crippen molar-refractivity contribution in [3.8, 4) is 6.07 Å². The van der Waals surface area contributed by atoms with Crippen molar-refractivity contribution in [3.05, 3.63) is 34.3 Å². The number of nitrogens with zero attached hydrogens (tertiary/aromatic N) is 4. The van der Waals surface area contributed by atoms with Gasteiger partial charge in [0.25, 0.3) is 0 Å². The highest BCUT2D eigenvalue weighted by Crippen LogP contribution is 2.32. The zero-order chi connectivity index (χ0) is 24.3. The molecule has 180 valence electrons. The van der Waals surface area contributed by atoms with Crippen LogP contribution in [0.3, 0.4) is 0 Å². The molecule has 0 aliphatic carbocycles. The summed E-state index contributed by atoms with van der Waals surface area (Å²) in [7, 11) is 0.